The van der Waals surface area contributed by atoms with Crippen molar-refractivity contribution in [3.8, 4) is 17.2 Å². The number of hydrogen-bond acceptors (Lipinski definition) is 13. The van der Waals surface area contributed by atoms with Gasteiger partial charge in [-0.2, -0.15) is 0 Å². The lowest BCUT2D eigenvalue weighted by Gasteiger charge is -2.36. The summed E-state index contributed by atoms with van der Waals surface area (Å²) in [6.07, 6.45) is 1.29. The average molecular weight is 1050 g/mol. The third-order valence-electron chi connectivity index (χ3n) is 13.3. The Balaban J connectivity index is 1.18. The minimum Gasteiger partial charge on any atom is -0.497 e. The molecule has 0 saturated carbocycles. The van der Waals surface area contributed by atoms with E-state index in [4.69, 9.17) is 18.9 Å². The Hall–Kier alpha value is -6.43. The molecule has 0 bridgehead atoms. The van der Waals surface area contributed by atoms with Gasteiger partial charge in [-0.1, -0.05) is 83.1 Å². The molecule has 0 radical (unpaired) electrons. The fourth-order valence-electron chi connectivity index (χ4n) is 8.63. The van der Waals surface area contributed by atoms with E-state index in [1.807, 2.05) is 73.7 Å². The van der Waals surface area contributed by atoms with Gasteiger partial charge >= 0.3 is 5.97 Å². The second kappa shape index (κ2) is 29.6. The van der Waals surface area contributed by atoms with E-state index in [0.717, 1.165) is 21.8 Å². The number of aliphatic hydroxyl groups is 1. The van der Waals surface area contributed by atoms with Gasteiger partial charge in [0.15, 0.2) is 11.5 Å². The second-order valence-electron chi connectivity index (χ2n) is 19.9. The summed E-state index contributed by atoms with van der Waals surface area (Å²) in [7, 11) is 4.72. The molecule has 1 aliphatic heterocycles. The number of ketones is 1. The molecule has 406 valence electrons. The zero-order valence-corrected chi connectivity index (χ0v) is 45.7. The smallest absolute Gasteiger partial charge is 0.329 e. The zero-order valence-electron chi connectivity index (χ0n) is 44.9. The van der Waals surface area contributed by atoms with Crippen LogP contribution in [-0.2, 0) is 46.3 Å². The van der Waals surface area contributed by atoms with Crippen molar-refractivity contribution in [1.82, 2.24) is 19.8 Å². The highest BCUT2D eigenvalue weighted by atomic mass is 32.2. The molecule has 4 N–H and O–H groups in total. The molecule has 4 aromatic rings. The third-order valence-corrected chi connectivity index (χ3v) is 14.3. The summed E-state index contributed by atoms with van der Waals surface area (Å²) in [5, 5.41) is 20.3. The van der Waals surface area contributed by atoms with Crippen molar-refractivity contribution in [1.29, 1.82) is 0 Å². The van der Waals surface area contributed by atoms with Crippen molar-refractivity contribution in [2.75, 3.05) is 52.8 Å². The van der Waals surface area contributed by atoms with Gasteiger partial charge in [0, 0.05) is 61.4 Å². The highest BCUT2D eigenvalue weighted by molar-refractivity contribution is 7.97. The average Bonchev–Trinajstić information content (AvgIpc) is 3.40. The number of likely N-dealkylation sites (tertiary alicyclic amines) is 1. The minimum absolute atomic E-state index is 0.0263. The molecule has 16 nitrogen and oxygen atoms in total. The van der Waals surface area contributed by atoms with E-state index in [9.17, 15) is 33.9 Å². The van der Waals surface area contributed by atoms with Gasteiger partial charge in [0.2, 0.25) is 23.5 Å². The molecule has 1 fully saturated rings. The highest BCUT2D eigenvalue weighted by Crippen LogP contribution is 2.33. The molecule has 17 heteroatoms. The number of benzene rings is 4. The Bertz CT molecular complexity index is 2510. The fraction of sp³-hybridized carbons (Fsp3) is 0.483. The molecule has 75 heavy (non-hydrogen) atoms. The lowest BCUT2D eigenvalue weighted by Crippen LogP contribution is -2.53. The summed E-state index contributed by atoms with van der Waals surface area (Å²) in [6.45, 7) is 10.8. The number of aryl methyl sites for hydroxylation is 1. The summed E-state index contributed by atoms with van der Waals surface area (Å²) < 4.78 is 24.6. The lowest BCUT2D eigenvalue weighted by molar-refractivity contribution is -0.164. The summed E-state index contributed by atoms with van der Waals surface area (Å²) in [4.78, 5) is 83.0. The van der Waals surface area contributed by atoms with E-state index in [2.05, 4.69) is 34.1 Å². The number of piperidine rings is 1. The fourth-order valence-corrected chi connectivity index (χ4v) is 9.78. The molecule has 4 amide bonds. The first-order valence-electron chi connectivity index (χ1n) is 25.9. The van der Waals surface area contributed by atoms with Crippen molar-refractivity contribution in [2.45, 2.75) is 128 Å². The summed E-state index contributed by atoms with van der Waals surface area (Å²) in [6, 6.07) is 28.3. The third kappa shape index (κ3) is 18.7. The number of methoxy groups -OCH3 is 3. The highest BCUT2D eigenvalue weighted by Gasteiger charge is 2.41. The molecule has 4 atom stereocenters. The number of amides is 4. The Labute approximate surface area is 447 Å². The molecule has 4 aromatic carbocycles. The first kappa shape index (κ1) is 59.4. The first-order valence-corrected chi connectivity index (χ1v) is 26.7. The topological polar surface area (TPSA) is 202 Å². The molecule has 4 unspecified atom stereocenters. The van der Waals surface area contributed by atoms with Gasteiger partial charge in [-0.3, -0.25) is 24.0 Å². The number of carbonyl (C=O) groups excluding carboxylic acids is 6. The molecule has 0 spiro atoms. The number of nitrogens with zero attached hydrogens (tertiary/aromatic N) is 2. The zero-order chi connectivity index (χ0) is 54.5. The number of ether oxygens (including phenoxy) is 4. The van der Waals surface area contributed by atoms with E-state index >= 15 is 0 Å². The minimum atomic E-state index is -0.939. The molecule has 1 heterocycles. The van der Waals surface area contributed by atoms with Crippen LogP contribution in [0.3, 0.4) is 0 Å². The Kier molecular flexibility index (Phi) is 23.5. The number of Topliss-reactive ketones (excluding diaryl/α,β-unsaturated/α-hetero) is 1. The number of anilines is 1. The molecule has 1 saturated heterocycles. The number of hydrogen-bond donors (Lipinski definition) is 4. The van der Waals surface area contributed by atoms with E-state index in [0.29, 0.717) is 80.2 Å². The van der Waals surface area contributed by atoms with Crippen molar-refractivity contribution in [3.05, 3.63) is 114 Å². The van der Waals surface area contributed by atoms with Gasteiger partial charge in [0.1, 0.15) is 17.9 Å². The van der Waals surface area contributed by atoms with Crippen molar-refractivity contribution in [3.63, 3.8) is 0 Å². The Morgan fingerprint density at radius 3 is 2.19 bits per heavy atom. The summed E-state index contributed by atoms with van der Waals surface area (Å²) in [5.41, 5.74) is 1.98. The molecule has 0 aromatic heterocycles. The van der Waals surface area contributed by atoms with E-state index in [1.54, 1.807) is 65.5 Å². The molecular weight excluding hydrogens is 975 g/mol. The number of carbonyl (C=O) groups is 6. The monoisotopic (exact) mass is 1050 g/mol. The maximum Gasteiger partial charge on any atom is 0.329 e. The van der Waals surface area contributed by atoms with Crippen LogP contribution >= 0.6 is 11.9 Å². The molecule has 5 rings (SSSR count). The maximum atomic E-state index is 14.1. The van der Waals surface area contributed by atoms with Crippen LogP contribution < -0.4 is 30.2 Å². The molecular formula is C58H77N5O11S. The molecule has 1 aliphatic rings. The first-order chi connectivity index (χ1) is 35.9. The van der Waals surface area contributed by atoms with Gasteiger partial charge in [-0.25, -0.2) is 9.10 Å². The largest absolute Gasteiger partial charge is 0.497 e. The Morgan fingerprint density at radius 2 is 1.51 bits per heavy atom. The quantitative estimate of drug-likeness (QED) is 0.0230. The van der Waals surface area contributed by atoms with Crippen LogP contribution in [-0.4, -0.2) is 115 Å². The van der Waals surface area contributed by atoms with Crippen LogP contribution in [0.5, 0.6) is 17.2 Å². The maximum absolute atomic E-state index is 14.1. The van der Waals surface area contributed by atoms with Gasteiger partial charge in [-0.15, -0.1) is 0 Å². The van der Waals surface area contributed by atoms with Crippen LogP contribution in [0.15, 0.2) is 102 Å². The number of esters is 1. The Morgan fingerprint density at radius 1 is 0.787 bits per heavy atom. The van der Waals surface area contributed by atoms with Gasteiger partial charge in [-0.05, 0) is 128 Å². The number of nitrogens with one attached hydrogen (secondary N) is 3. The number of aliphatic hydroxyl groups excluding tert-OH is 1. The standard InChI is InChI=1S/C58H77N5O11S/c1-9-58(4,5)55(68)56(69)63-33-14-13-20-47(63)57(70)74-49(27-21-41-22-28-50(72-7)51(35-41)73-8)42-18-15-19-43(36-42)60-53(66)30-29-52(65)59-32-31-54(67)61-46(34-40-16-11-10-12-17-40)48(64)38-62(37-39(2)3)75-45-25-23-44(71-6)24-26-45/h10-12,15-19,22-26,28,35-36,39,46-49,64H,9,13-14,20-21,27,29-34,37-38H2,1-8H3,(H,59,65)(H,60,66)(H,61,67). The number of rotatable bonds is 29. The van der Waals surface area contributed by atoms with Crippen LogP contribution in [0.25, 0.3) is 0 Å². The van der Waals surface area contributed by atoms with Gasteiger partial charge < -0.3 is 44.9 Å². The molecule has 0 aliphatic carbocycles. The van der Waals surface area contributed by atoms with Gasteiger partial charge in [0.05, 0.1) is 33.5 Å². The predicted octanol–water partition coefficient (Wildman–Crippen LogP) is 8.29. The van der Waals surface area contributed by atoms with E-state index in [1.165, 1.54) is 16.8 Å². The SMILES string of the molecule is CCC(C)(C)C(=O)C(=O)N1CCCCC1C(=O)OC(CCc1ccc(OC)c(OC)c1)c1cccc(NC(=O)CCC(=O)NCCC(=O)NC(Cc2ccccc2)C(O)CN(CC(C)C)Sc2ccc(OC)cc2)c1. The van der Waals surface area contributed by atoms with Crippen LogP contribution in [0.4, 0.5) is 5.69 Å². The van der Waals surface area contributed by atoms with Crippen molar-refractivity contribution in [2.24, 2.45) is 11.3 Å². The van der Waals surface area contributed by atoms with Crippen LogP contribution in [0.1, 0.15) is 109 Å². The predicted molar refractivity (Wildman–Crippen MR) is 290 cm³/mol. The second-order valence-corrected chi connectivity index (χ2v) is 21.1. The normalized spacial score (nSPS) is 14.8. The van der Waals surface area contributed by atoms with E-state index in [-0.39, 0.29) is 44.8 Å². The van der Waals surface area contributed by atoms with Crippen LogP contribution in [0, 0.1) is 11.3 Å². The summed E-state index contributed by atoms with van der Waals surface area (Å²) in [5.74, 6) is -0.844. The summed E-state index contributed by atoms with van der Waals surface area (Å²) >= 11 is 1.53. The van der Waals surface area contributed by atoms with Crippen LogP contribution in [0.2, 0.25) is 0 Å². The lowest BCUT2D eigenvalue weighted by atomic mass is 9.84. The van der Waals surface area contributed by atoms with E-state index < -0.39 is 59.2 Å². The van der Waals surface area contributed by atoms with Crippen molar-refractivity contribution >= 4 is 53.0 Å². The van der Waals surface area contributed by atoms with Crippen molar-refractivity contribution < 1.29 is 52.8 Å². The van der Waals surface area contributed by atoms with Gasteiger partial charge in [0.25, 0.3) is 5.91 Å².